The Morgan fingerprint density at radius 3 is 3.11 bits per heavy atom. The molecule has 1 aliphatic rings. The van der Waals surface area contributed by atoms with Crippen LogP contribution in [-0.2, 0) is 4.74 Å². The lowest BCUT2D eigenvalue weighted by atomic mass is 10.1. The first-order valence-corrected chi connectivity index (χ1v) is 7.07. The number of benzene rings is 1. The van der Waals surface area contributed by atoms with Gasteiger partial charge in [0.05, 0.1) is 12.2 Å². The first kappa shape index (κ1) is 13.8. The molecule has 0 amide bonds. The van der Waals surface area contributed by atoms with Crippen LogP contribution in [0.2, 0.25) is 5.02 Å². The monoisotopic (exact) mass is 328 g/mol. The normalized spacial score (nSPS) is 20.6. The molecule has 1 saturated heterocycles. The fraction of sp³-hybridized carbons (Fsp3) is 0.462. The second-order valence-electron chi connectivity index (χ2n) is 4.27. The Hall–Kier alpha value is -0.600. The molecule has 0 aromatic heterocycles. The van der Waals surface area contributed by atoms with Crippen LogP contribution in [0.1, 0.15) is 24.4 Å². The van der Waals surface area contributed by atoms with Crippen LogP contribution in [0.25, 0.3) is 0 Å². The predicted molar refractivity (Wildman–Crippen MR) is 74.5 cm³/mol. The second-order valence-corrected chi connectivity index (χ2v) is 5.59. The topological polar surface area (TPSA) is 45.0 Å². The van der Waals surface area contributed by atoms with E-state index in [-0.39, 0.29) is 6.10 Å². The molecule has 3 nitrogen and oxygen atoms in total. The summed E-state index contributed by atoms with van der Waals surface area (Å²) in [6, 6.07) is 7.36. The zero-order valence-electron chi connectivity index (χ0n) is 9.83. The molecular formula is C13H14BrClN2O. The summed E-state index contributed by atoms with van der Waals surface area (Å²) in [7, 11) is 0. The molecule has 5 heteroatoms. The van der Waals surface area contributed by atoms with Crippen molar-refractivity contribution in [3.05, 3.63) is 33.3 Å². The maximum atomic E-state index is 9.24. The van der Waals surface area contributed by atoms with Crippen molar-refractivity contribution in [1.29, 1.82) is 5.26 Å². The van der Waals surface area contributed by atoms with Crippen LogP contribution in [0.3, 0.4) is 0 Å². The lowest BCUT2D eigenvalue weighted by molar-refractivity contribution is 0.109. The maximum absolute atomic E-state index is 9.24. The third kappa shape index (κ3) is 3.46. The largest absolute Gasteiger partial charge is 0.377 e. The minimum absolute atomic E-state index is 0.215. The maximum Gasteiger partial charge on any atom is 0.122 e. The molecule has 2 rings (SSSR count). The van der Waals surface area contributed by atoms with Gasteiger partial charge >= 0.3 is 0 Å². The molecule has 1 heterocycles. The summed E-state index contributed by atoms with van der Waals surface area (Å²) in [4.78, 5) is 0. The molecule has 96 valence electrons. The highest BCUT2D eigenvalue weighted by Gasteiger charge is 2.19. The molecule has 1 fully saturated rings. The Labute approximate surface area is 120 Å². The van der Waals surface area contributed by atoms with Crippen molar-refractivity contribution >= 4 is 27.5 Å². The average molecular weight is 330 g/mol. The van der Waals surface area contributed by atoms with E-state index < -0.39 is 6.04 Å². The fourth-order valence-corrected chi connectivity index (χ4v) is 2.62. The van der Waals surface area contributed by atoms with Gasteiger partial charge in [-0.2, -0.15) is 5.26 Å². The number of hydrogen-bond donors (Lipinski definition) is 1. The lowest BCUT2D eigenvalue weighted by Crippen LogP contribution is -2.29. The van der Waals surface area contributed by atoms with E-state index in [0.29, 0.717) is 11.6 Å². The van der Waals surface area contributed by atoms with Gasteiger partial charge in [0.25, 0.3) is 0 Å². The van der Waals surface area contributed by atoms with Crippen LogP contribution >= 0.6 is 27.5 Å². The molecule has 0 spiro atoms. The lowest BCUT2D eigenvalue weighted by Gasteiger charge is -2.16. The van der Waals surface area contributed by atoms with Gasteiger partial charge in [0.1, 0.15) is 6.04 Å². The van der Waals surface area contributed by atoms with Crippen molar-refractivity contribution < 1.29 is 4.74 Å². The van der Waals surface area contributed by atoms with Gasteiger partial charge < -0.3 is 4.74 Å². The van der Waals surface area contributed by atoms with E-state index in [4.69, 9.17) is 16.3 Å². The number of hydrogen-bond acceptors (Lipinski definition) is 3. The second kappa shape index (κ2) is 6.53. The number of halogens is 2. The van der Waals surface area contributed by atoms with E-state index in [1.807, 2.05) is 12.1 Å². The van der Waals surface area contributed by atoms with E-state index in [1.165, 1.54) is 0 Å². The van der Waals surface area contributed by atoms with Gasteiger partial charge in [-0.25, -0.2) is 0 Å². The Bertz CT molecular complexity index is 455. The zero-order valence-corrected chi connectivity index (χ0v) is 12.2. The summed E-state index contributed by atoms with van der Waals surface area (Å²) in [6.45, 7) is 1.50. The molecule has 0 aliphatic carbocycles. The summed E-state index contributed by atoms with van der Waals surface area (Å²) in [5, 5.41) is 13.0. The van der Waals surface area contributed by atoms with Crippen LogP contribution in [0.5, 0.6) is 0 Å². The van der Waals surface area contributed by atoms with Crippen LogP contribution in [0.15, 0.2) is 22.7 Å². The van der Waals surface area contributed by atoms with Crippen LogP contribution < -0.4 is 5.32 Å². The zero-order chi connectivity index (χ0) is 13.0. The van der Waals surface area contributed by atoms with E-state index in [0.717, 1.165) is 29.5 Å². The summed E-state index contributed by atoms with van der Waals surface area (Å²) in [5.41, 5.74) is 0.798. The van der Waals surface area contributed by atoms with Crippen molar-refractivity contribution in [3.8, 4) is 6.07 Å². The van der Waals surface area contributed by atoms with E-state index in [9.17, 15) is 5.26 Å². The third-order valence-corrected chi connectivity index (χ3v) is 3.81. The van der Waals surface area contributed by atoms with Gasteiger partial charge in [-0.15, -0.1) is 0 Å². The van der Waals surface area contributed by atoms with Crippen molar-refractivity contribution in [3.63, 3.8) is 0 Å². The van der Waals surface area contributed by atoms with Crippen molar-refractivity contribution in [2.75, 3.05) is 13.2 Å². The molecule has 1 aliphatic heterocycles. The molecule has 1 N–H and O–H groups in total. The highest BCUT2D eigenvalue weighted by Crippen LogP contribution is 2.26. The molecular weight excluding hydrogens is 316 g/mol. The summed E-state index contributed by atoms with van der Waals surface area (Å²) in [5.74, 6) is 0. The minimum Gasteiger partial charge on any atom is -0.377 e. The van der Waals surface area contributed by atoms with Crippen LogP contribution in [-0.4, -0.2) is 19.3 Å². The van der Waals surface area contributed by atoms with Crippen molar-refractivity contribution in [1.82, 2.24) is 5.32 Å². The van der Waals surface area contributed by atoms with E-state index in [2.05, 4.69) is 27.3 Å². The molecule has 1 aromatic rings. The smallest absolute Gasteiger partial charge is 0.122 e. The molecule has 1 aromatic carbocycles. The third-order valence-electron chi connectivity index (χ3n) is 2.97. The van der Waals surface area contributed by atoms with Crippen molar-refractivity contribution in [2.24, 2.45) is 0 Å². The number of nitrogens with zero attached hydrogens (tertiary/aromatic N) is 1. The average Bonchev–Trinajstić information content (AvgIpc) is 2.87. The van der Waals surface area contributed by atoms with Gasteiger partial charge in [0, 0.05) is 28.2 Å². The van der Waals surface area contributed by atoms with Crippen molar-refractivity contribution in [2.45, 2.75) is 25.0 Å². The summed E-state index contributed by atoms with van der Waals surface area (Å²) < 4.78 is 6.44. The standard InChI is InChI=1S/C13H14BrClN2O/c14-9-3-4-12(15)11(6-9)13(7-16)17-8-10-2-1-5-18-10/h3-4,6,10,13,17H,1-2,5,8H2. The van der Waals surface area contributed by atoms with Gasteiger partial charge in [-0.1, -0.05) is 27.5 Å². The molecule has 18 heavy (non-hydrogen) atoms. The number of nitrogens with one attached hydrogen (secondary N) is 1. The molecule has 2 unspecified atom stereocenters. The Balaban J connectivity index is 2.03. The first-order valence-electron chi connectivity index (χ1n) is 5.90. The quantitative estimate of drug-likeness (QED) is 0.920. The number of ether oxygens (including phenoxy) is 1. The fourth-order valence-electron chi connectivity index (χ4n) is 2.02. The molecule has 2 atom stereocenters. The van der Waals surface area contributed by atoms with Gasteiger partial charge in [0.15, 0.2) is 0 Å². The van der Waals surface area contributed by atoms with Gasteiger partial charge in [-0.05, 0) is 31.0 Å². The van der Waals surface area contributed by atoms with E-state index >= 15 is 0 Å². The highest BCUT2D eigenvalue weighted by molar-refractivity contribution is 9.10. The Morgan fingerprint density at radius 1 is 1.61 bits per heavy atom. The number of nitriles is 1. The molecule has 0 saturated carbocycles. The Kier molecular flexibility index (Phi) is 5.02. The minimum atomic E-state index is -0.404. The summed E-state index contributed by atoms with van der Waals surface area (Å²) >= 11 is 9.51. The summed E-state index contributed by atoms with van der Waals surface area (Å²) in [6.07, 6.45) is 2.37. The van der Waals surface area contributed by atoms with Gasteiger partial charge in [0.2, 0.25) is 0 Å². The van der Waals surface area contributed by atoms with Gasteiger partial charge in [-0.3, -0.25) is 5.32 Å². The predicted octanol–water partition coefficient (Wildman–Crippen LogP) is 3.44. The highest BCUT2D eigenvalue weighted by atomic mass is 79.9. The van der Waals surface area contributed by atoms with Crippen LogP contribution in [0, 0.1) is 11.3 Å². The SMILES string of the molecule is N#CC(NCC1CCCO1)c1cc(Br)ccc1Cl. The first-order chi connectivity index (χ1) is 8.70. The van der Waals surface area contributed by atoms with Crippen LogP contribution in [0.4, 0.5) is 0 Å². The van der Waals surface area contributed by atoms with E-state index in [1.54, 1.807) is 6.07 Å². The molecule has 0 radical (unpaired) electrons. The number of rotatable bonds is 4. The molecule has 0 bridgehead atoms. The Morgan fingerprint density at radius 2 is 2.44 bits per heavy atom.